The minimum Gasteiger partial charge on any atom is -0.477 e. The Hall–Kier alpha value is -3.95. The molecule has 0 spiro atoms. The van der Waals surface area contributed by atoms with E-state index >= 15 is 0 Å². The summed E-state index contributed by atoms with van der Waals surface area (Å²) < 4.78 is 22.1. The Morgan fingerprint density at radius 3 is 2.64 bits per heavy atom. The summed E-state index contributed by atoms with van der Waals surface area (Å²) in [7, 11) is 0. The van der Waals surface area contributed by atoms with Crippen LogP contribution in [0.2, 0.25) is 0 Å². The lowest BCUT2D eigenvalue weighted by molar-refractivity contribution is 0.0722. The normalized spacial score (nSPS) is 20.0. The number of aryl methyl sites for hydroxylation is 2. The van der Waals surface area contributed by atoms with E-state index in [2.05, 4.69) is 79.9 Å². The molecule has 3 aromatic heterocycles. The van der Waals surface area contributed by atoms with Crippen LogP contribution in [-0.2, 0) is 11.2 Å². The minimum atomic E-state index is 0.122. The van der Waals surface area contributed by atoms with Gasteiger partial charge < -0.3 is 13.9 Å². The molecule has 7 rings (SSSR count). The predicted molar refractivity (Wildman–Crippen MR) is 178 cm³/mol. The lowest BCUT2D eigenvalue weighted by Gasteiger charge is -2.30. The average Bonchev–Trinajstić information content (AvgIpc) is 3.71. The van der Waals surface area contributed by atoms with Crippen LogP contribution >= 0.6 is 11.9 Å². The summed E-state index contributed by atoms with van der Waals surface area (Å²) in [6.45, 7) is 9.77. The summed E-state index contributed by atoms with van der Waals surface area (Å²) in [6, 6.07) is 19.0. The fraction of sp³-hybridized carbons (Fsp3) is 0.389. The van der Waals surface area contributed by atoms with Crippen LogP contribution in [-0.4, -0.2) is 39.3 Å². The molecule has 45 heavy (non-hydrogen) atoms. The monoisotopic (exact) mass is 621 g/mol. The number of nitrogens with one attached hydrogen (secondary N) is 1. The van der Waals surface area contributed by atoms with E-state index in [0.29, 0.717) is 24.1 Å². The Kier molecular flexibility index (Phi) is 8.47. The molecule has 5 aromatic rings. The fourth-order valence-corrected chi connectivity index (χ4v) is 7.20. The summed E-state index contributed by atoms with van der Waals surface area (Å²) in [4.78, 5) is 20.5. The molecule has 0 amide bonds. The van der Waals surface area contributed by atoms with Gasteiger partial charge in [0.2, 0.25) is 17.5 Å². The number of hydrogen-bond acceptors (Lipinski definition) is 9. The van der Waals surface area contributed by atoms with Crippen LogP contribution in [0.1, 0.15) is 73.1 Å². The van der Waals surface area contributed by atoms with Gasteiger partial charge in [0.15, 0.2) is 0 Å². The Bertz CT molecular complexity index is 1800. The third kappa shape index (κ3) is 6.56. The Morgan fingerprint density at radius 2 is 1.84 bits per heavy atom. The van der Waals surface area contributed by atoms with Crippen LogP contribution in [0.5, 0.6) is 5.88 Å². The highest BCUT2D eigenvalue weighted by molar-refractivity contribution is 8.00. The van der Waals surface area contributed by atoms with Crippen molar-refractivity contribution < 1.29 is 13.9 Å². The molecule has 2 aromatic carbocycles. The zero-order valence-electron chi connectivity index (χ0n) is 26.2. The van der Waals surface area contributed by atoms with Crippen LogP contribution in [0, 0.1) is 19.8 Å². The molecule has 0 aliphatic carbocycles. The summed E-state index contributed by atoms with van der Waals surface area (Å²) in [6.07, 6.45) is 5.84. The molecule has 5 heterocycles. The van der Waals surface area contributed by atoms with Gasteiger partial charge in [-0.2, -0.15) is 4.98 Å². The van der Waals surface area contributed by atoms with Gasteiger partial charge >= 0.3 is 0 Å². The van der Waals surface area contributed by atoms with Gasteiger partial charge in [0.25, 0.3) is 0 Å². The van der Waals surface area contributed by atoms with Crippen molar-refractivity contribution in [3.8, 4) is 17.1 Å². The van der Waals surface area contributed by atoms with Crippen LogP contribution in [0.4, 0.5) is 5.95 Å². The number of aromatic nitrogens is 4. The quantitative estimate of drug-likeness (QED) is 0.187. The van der Waals surface area contributed by atoms with E-state index < -0.39 is 0 Å². The molecule has 4 bridgehead atoms. The molecule has 9 heteroatoms. The highest BCUT2D eigenvalue weighted by Crippen LogP contribution is 2.38. The lowest BCUT2D eigenvalue weighted by Crippen LogP contribution is -2.27. The van der Waals surface area contributed by atoms with E-state index in [1.807, 2.05) is 18.3 Å². The molecule has 0 radical (unpaired) electrons. The van der Waals surface area contributed by atoms with Gasteiger partial charge in [0.05, 0.1) is 30.3 Å². The van der Waals surface area contributed by atoms with Crippen molar-refractivity contribution in [2.45, 2.75) is 76.2 Å². The van der Waals surface area contributed by atoms with Gasteiger partial charge in [0, 0.05) is 41.0 Å². The van der Waals surface area contributed by atoms with Crippen molar-refractivity contribution in [1.29, 1.82) is 0 Å². The van der Waals surface area contributed by atoms with Gasteiger partial charge in [-0.15, -0.1) is 0 Å². The molecule has 1 saturated heterocycles. The van der Waals surface area contributed by atoms with E-state index in [-0.39, 0.29) is 23.9 Å². The Morgan fingerprint density at radius 1 is 1.00 bits per heavy atom. The second kappa shape index (κ2) is 12.8. The second-order valence-corrected chi connectivity index (χ2v) is 13.4. The highest BCUT2D eigenvalue weighted by Gasteiger charge is 2.31. The van der Waals surface area contributed by atoms with Crippen LogP contribution < -0.4 is 9.46 Å². The number of fused-ring (bicyclic) bond motifs is 5. The summed E-state index contributed by atoms with van der Waals surface area (Å²) in [5, 5.41) is 0. The van der Waals surface area contributed by atoms with Crippen LogP contribution in [0.25, 0.3) is 22.5 Å². The number of hydrogen-bond donors (Lipinski definition) is 1. The summed E-state index contributed by atoms with van der Waals surface area (Å²) >= 11 is 1.51. The van der Waals surface area contributed by atoms with Gasteiger partial charge in [-0.25, -0.2) is 15.0 Å². The molecule has 1 fully saturated rings. The average molecular weight is 622 g/mol. The van der Waals surface area contributed by atoms with Crippen molar-refractivity contribution in [3.63, 3.8) is 0 Å². The van der Waals surface area contributed by atoms with E-state index in [0.717, 1.165) is 65.4 Å². The van der Waals surface area contributed by atoms with Gasteiger partial charge in [0.1, 0.15) is 11.3 Å². The van der Waals surface area contributed by atoms with Crippen LogP contribution in [0.15, 0.2) is 70.1 Å². The molecule has 2 aliphatic rings. The number of benzene rings is 2. The molecule has 8 nitrogen and oxygen atoms in total. The van der Waals surface area contributed by atoms with Gasteiger partial charge in [-0.05, 0) is 86.2 Å². The van der Waals surface area contributed by atoms with E-state index in [1.54, 1.807) is 0 Å². The fourth-order valence-electron chi connectivity index (χ4n) is 6.56. The highest BCUT2D eigenvalue weighted by atomic mass is 32.2. The standard InChI is InChI=1S/C36H39N5O3S/c1-21(2)32-17-31-35(44-32)37-19-26(38-31)16-29-24-10-6-12-28(15-24)45-41-36-39-30(34-22(3)8-5-9-23(34)4)18-33(40-36)43-20-25(29)14-27-11-7-13-42-27/h5-6,8-10,12,15,17-19,21,25,27,29H,7,11,13-14,16,20H2,1-4H3,(H,39,40,41). The predicted octanol–water partition coefficient (Wildman–Crippen LogP) is 8.44. The molecular formula is C36H39N5O3S. The van der Waals surface area contributed by atoms with Gasteiger partial charge in [-0.1, -0.05) is 44.2 Å². The van der Waals surface area contributed by atoms with Crippen molar-refractivity contribution in [2.24, 2.45) is 5.92 Å². The smallest absolute Gasteiger partial charge is 0.245 e. The van der Waals surface area contributed by atoms with Crippen molar-refractivity contribution >= 4 is 29.1 Å². The van der Waals surface area contributed by atoms with E-state index in [1.165, 1.54) is 28.6 Å². The first kappa shape index (κ1) is 29.7. The number of rotatable bonds is 6. The summed E-state index contributed by atoms with van der Waals surface area (Å²) in [5.74, 6) is 2.53. The third-order valence-corrected chi connectivity index (χ3v) is 9.67. The molecule has 2 aliphatic heterocycles. The van der Waals surface area contributed by atoms with Crippen molar-refractivity contribution in [1.82, 2.24) is 19.9 Å². The van der Waals surface area contributed by atoms with E-state index in [9.17, 15) is 0 Å². The molecule has 3 atom stereocenters. The maximum Gasteiger partial charge on any atom is 0.245 e. The van der Waals surface area contributed by atoms with Crippen LogP contribution in [0.3, 0.4) is 0 Å². The first-order valence-electron chi connectivity index (χ1n) is 15.9. The summed E-state index contributed by atoms with van der Waals surface area (Å²) in [5.41, 5.74) is 7.86. The maximum atomic E-state index is 6.62. The Labute approximate surface area is 268 Å². The van der Waals surface area contributed by atoms with E-state index in [4.69, 9.17) is 28.8 Å². The number of furan rings is 1. The zero-order valence-corrected chi connectivity index (χ0v) is 27.1. The molecular weight excluding hydrogens is 582 g/mol. The maximum absolute atomic E-state index is 6.62. The lowest BCUT2D eigenvalue weighted by atomic mass is 9.80. The minimum absolute atomic E-state index is 0.122. The largest absolute Gasteiger partial charge is 0.477 e. The first-order chi connectivity index (χ1) is 21.9. The first-order valence-corrected chi connectivity index (χ1v) is 16.7. The molecule has 3 unspecified atom stereocenters. The Balaban J connectivity index is 1.28. The SMILES string of the molecule is Cc1cccc(C)c1-c1cc2nc(n1)NSc1cccc(c1)C(Cc1cnc3oc(C(C)C)cc3n1)C(CC1CCCO1)CO2. The number of ether oxygens (including phenoxy) is 2. The topological polar surface area (TPSA) is 95.2 Å². The third-order valence-electron chi connectivity index (χ3n) is 8.90. The van der Waals surface area contributed by atoms with Crippen molar-refractivity contribution in [3.05, 3.63) is 88.9 Å². The van der Waals surface area contributed by atoms with Gasteiger partial charge in [-0.3, -0.25) is 4.72 Å². The molecule has 0 saturated carbocycles. The zero-order chi connectivity index (χ0) is 30.9. The molecule has 1 N–H and O–H groups in total. The molecule has 232 valence electrons. The second-order valence-electron chi connectivity index (χ2n) is 12.6. The number of anilines is 1. The number of nitrogens with zero attached hydrogens (tertiary/aromatic N) is 4. The van der Waals surface area contributed by atoms with Crippen molar-refractivity contribution in [2.75, 3.05) is 17.9 Å².